The molecule has 7 N–H and O–H groups in total. The Morgan fingerprint density at radius 3 is 1.92 bits per heavy atom. The summed E-state index contributed by atoms with van der Waals surface area (Å²) in [4.78, 5) is 127. The van der Waals surface area contributed by atoms with E-state index in [0.717, 1.165) is 0 Å². The molecule has 22 heteroatoms. The number of hydrogen-bond acceptors (Lipinski definition) is 14. The molecule has 1 aromatic heterocycles. The van der Waals surface area contributed by atoms with Crippen molar-refractivity contribution in [2.24, 2.45) is 11.8 Å². The van der Waals surface area contributed by atoms with Gasteiger partial charge in [0.2, 0.25) is 47.1 Å². The molecule has 0 saturated carbocycles. The number of nitrogens with zero attached hydrogens (tertiary/aromatic N) is 2. The van der Waals surface area contributed by atoms with E-state index >= 15 is 0 Å². The zero-order valence-corrected chi connectivity index (χ0v) is 46.3. The van der Waals surface area contributed by atoms with Crippen LogP contribution in [0.3, 0.4) is 0 Å². The molecule has 0 aliphatic carbocycles. The predicted octanol–water partition coefficient (Wildman–Crippen LogP) is 2.62. The van der Waals surface area contributed by atoms with Gasteiger partial charge in [0.1, 0.15) is 53.8 Å². The van der Waals surface area contributed by atoms with E-state index in [1.165, 1.54) is 51.9 Å². The minimum atomic E-state index is -1.31. The van der Waals surface area contributed by atoms with E-state index in [4.69, 9.17) is 18.6 Å². The number of fused-ring (bicyclic) bond motifs is 1. The molecule has 0 unspecified atom stereocenters. The first-order valence-corrected chi connectivity index (χ1v) is 26.3. The molecule has 0 radical (unpaired) electrons. The number of ether oxygens (including phenoxy) is 3. The fourth-order valence-corrected chi connectivity index (χ4v) is 9.66. The maximum atomic E-state index is 14.7. The number of carbonyl (C=O) groups excluding carboxylic acids is 9. The number of nitrogens with one attached hydrogen (secondary N) is 6. The molecule has 5 rings (SSSR count). The minimum absolute atomic E-state index is 0.0362. The molecular formula is C55H78N8O14. The van der Waals surface area contributed by atoms with E-state index in [1.54, 1.807) is 57.2 Å². The van der Waals surface area contributed by atoms with Gasteiger partial charge in [-0.25, -0.2) is 0 Å². The second-order valence-corrected chi connectivity index (χ2v) is 20.9. The predicted molar refractivity (Wildman–Crippen MR) is 284 cm³/mol. The van der Waals surface area contributed by atoms with Gasteiger partial charge in [0, 0.05) is 42.9 Å². The molecule has 22 nitrogen and oxygen atoms in total. The van der Waals surface area contributed by atoms with Crippen molar-refractivity contribution in [2.75, 3.05) is 34.4 Å². The van der Waals surface area contributed by atoms with Crippen LogP contribution in [-0.4, -0.2) is 157 Å². The SMILES string of the molecule is COc1ccc(C[C@H](NC(=O)[C@H](C)NC(=O)[C@H](CC(C)C)NC(=O)c2oc3c(OC)c(OC)ccc3c2C)C(=O)N2CCC[C@H]2C(=O)N[C@@H](CCC(C)=O)C(=O)N[C@@H](C)C(=O)N[C@H](C(=O)N2C[C@H](O)C[C@H]2C)C(C)C)cc1. The lowest BCUT2D eigenvalue weighted by molar-refractivity contribution is -0.142. The van der Waals surface area contributed by atoms with Crippen molar-refractivity contribution < 1.29 is 66.9 Å². The second-order valence-electron chi connectivity index (χ2n) is 20.9. The summed E-state index contributed by atoms with van der Waals surface area (Å²) < 4.78 is 22.2. The van der Waals surface area contributed by atoms with Gasteiger partial charge in [0.05, 0.1) is 27.4 Å². The summed E-state index contributed by atoms with van der Waals surface area (Å²) in [6.45, 7) is 15.2. The molecular weight excluding hydrogens is 997 g/mol. The Morgan fingerprint density at radius 2 is 1.36 bits per heavy atom. The maximum Gasteiger partial charge on any atom is 0.287 e. The lowest BCUT2D eigenvalue weighted by Crippen LogP contribution is -2.60. The zero-order valence-electron chi connectivity index (χ0n) is 46.3. The molecule has 422 valence electrons. The van der Waals surface area contributed by atoms with E-state index < -0.39 is 89.7 Å². The summed E-state index contributed by atoms with van der Waals surface area (Å²) in [5.74, 6) is -4.67. The molecule has 9 atom stereocenters. The lowest BCUT2D eigenvalue weighted by Gasteiger charge is -2.31. The number of methoxy groups -OCH3 is 3. The van der Waals surface area contributed by atoms with Crippen LogP contribution in [0.1, 0.15) is 116 Å². The van der Waals surface area contributed by atoms with Gasteiger partial charge in [-0.15, -0.1) is 0 Å². The number of likely N-dealkylation sites (tertiary alicyclic amines) is 2. The van der Waals surface area contributed by atoms with Gasteiger partial charge in [-0.1, -0.05) is 39.8 Å². The Bertz CT molecular complexity index is 2630. The number of Topliss-reactive ketones (excluding diaryl/α,β-unsaturated/α-hetero) is 1. The van der Waals surface area contributed by atoms with Crippen LogP contribution in [0.25, 0.3) is 11.0 Å². The highest BCUT2D eigenvalue weighted by atomic mass is 16.5. The van der Waals surface area contributed by atoms with Crippen LogP contribution >= 0.6 is 0 Å². The maximum absolute atomic E-state index is 14.7. The van der Waals surface area contributed by atoms with Crippen LogP contribution < -0.4 is 46.1 Å². The van der Waals surface area contributed by atoms with Crippen LogP contribution in [0, 0.1) is 18.8 Å². The van der Waals surface area contributed by atoms with Gasteiger partial charge in [-0.2, -0.15) is 0 Å². The zero-order chi connectivity index (χ0) is 57.0. The highest BCUT2D eigenvalue weighted by molar-refractivity contribution is 6.03. The topological polar surface area (TPSA) is 293 Å². The Kier molecular flexibility index (Phi) is 21.4. The van der Waals surface area contributed by atoms with Crippen molar-refractivity contribution >= 4 is 64.0 Å². The van der Waals surface area contributed by atoms with Crippen LogP contribution in [0.4, 0.5) is 0 Å². The van der Waals surface area contributed by atoms with Crippen molar-refractivity contribution in [2.45, 2.75) is 162 Å². The number of rotatable bonds is 25. The lowest BCUT2D eigenvalue weighted by atomic mass is 10.0. The highest BCUT2D eigenvalue weighted by Gasteiger charge is 2.41. The van der Waals surface area contributed by atoms with E-state index in [-0.39, 0.29) is 86.1 Å². The van der Waals surface area contributed by atoms with Gasteiger partial charge in [0.15, 0.2) is 17.1 Å². The Hall–Kier alpha value is -7.23. The van der Waals surface area contributed by atoms with E-state index in [0.29, 0.717) is 46.6 Å². The average Bonchev–Trinajstić information content (AvgIpc) is 4.12. The van der Waals surface area contributed by atoms with Crippen LogP contribution in [0.15, 0.2) is 40.8 Å². The summed E-state index contributed by atoms with van der Waals surface area (Å²) >= 11 is 0. The van der Waals surface area contributed by atoms with Gasteiger partial charge >= 0.3 is 0 Å². The molecule has 77 heavy (non-hydrogen) atoms. The molecule has 0 spiro atoms. The number of aliphatic hydroxyl groups excluding tert-OH is 1. The summed E-state index contributed by atoms with van der Waals surface area (Å²) in [7, 11) is 4.43. The number of aryl methyl sites for hydroxylation is 1. The Balaban J connectivity index is 1.30. The summed E-state index contributed by atoms with van der Waals surface area (Å²) in [5, 5.41) is 27.0. The smallest absolute Gasteiger partial charge is 0.287 e. The molecule has 2 aromatic carbocycles. The fourth-order valence-electron chi connectivity index (χ4n) is 9.66. The Labute approximate surface area is 449 Å². The number of amides is 8. The van der Waals surface area contributed by atoms with Gasteiger partial charge in [-0.05, 0) is 108 Å². The number of β-amino-alcohol motifs (C(OH)–C–C–N with tert-alkyl or cyclic N) is 1. The third kappa shape index (κ3) is 15.5. The summed E-state index contributed by atoms with van der Waals surface area (Å²) in [5.41, 5.74) is 1.43. The van der Waals surface area contributed by atoms with E-state index in [1.807, 2.05) is 20.8 Å². The van der Waals surface area contributed by atoms with Crippen LogP contribution in [0.5, 0.6) is 17.2 Å². The Morgan fingerprint density at radius 1 is 0.727 bits per heavy atom. The number of hydrogen-bond donors (Lipinski definition) is 7. The third-order valence-corrected chi connectivity index (χ3v) is 14.0. The molecule has 3 heterocycles. The molecule has 2 aliphatic rings. The van der Waals surface area contributed by atoms with E-state index in [9.17, 15) is 48.3 Å². The molecule has 2 saturated heterocycles. The molecule has 0 bridgehead atoms. The standard InChI is InChI=1S/C55H78N8O14/c1-28(2)24-40(59-53(71)45-32(7)38-20-22-43(75-11)47(76-12)46(38)77-45)51(69)57-33(8)48(66)60-41(26-35-16-18-37(74-10)19-17-35)54(72)62-23-13-14-42(62)52(70)58-39(21-15-31(6)64)50(68)56-34(9)49(67)61-44(29(3)4)55(73)63-27-36(65)25-30(63)5/h16-20,22,28-30,33-34,36,39-42,44,65H,13-15,21,23-27H2,1-12H3,(H,56,68)(H,57,69)(H,58,70)(H,59,71)(H,60,66)(H,61,67)/t30-,33+,34+,36-,39+,40+,41+,42+,44+/m1/s1. The van der Waals surface area contributed by atoms with Crippen molar-refractivity contribution in [3.8, 4) is 17.2 Å². The van der Waals surface area contributed by atoms with Crippen LogP contribution in [-0.2, 0) is 44.8 Å². The normalized spacial score (nSPS) is 18.6. The first-order chi connectivity index (χ1) is 36.4. The molecule has 2 fully saturated rings. The van der Waals surface area contributed by atoms with Gasteiger partial charge in [-0.3, -0.25) is 38.4 Å². The van der Waals surface area contributed by atoms with Crippen molar-refractivity contribution in [3.63, 3.8) is 0 Å². The number of ketones is 1. The first-order valence-electron chi connectivity index (χ1n) is 26.3. The minimum Gasteiger partial charge on any atom is -0.497 e. The van der Waals surface area contributed by atoms with Gasteiger partial charge < -0.3 is 70.2 Å². The van der Waals surface area contributed by atoms with Crippen molar-refractivity contribution in [1.82, 2.24) is 41.7 Å². The molecule has 2 aliphatic heterocycles. The number of carbonyl (C=O) groups is 9. The van der Waals surface area contributed by atoms with E-state index in [2.05, 4.69) is 31.9 Å². The highest BCUT2D eigenvalue weighted by Crippen LogP contribution is 2.39. The first kappa shape index (κ1) is 60.6. The quantitative estimate of drug-likeness (QED) is 0.0643. The van der Waals surface area contributed by atoms with Gasteiger partial charge in [0.25, 0.3) is 5.91 Å². The summed E-state index contributed by atoms with van der Waals surface area (Å²) in [6.07, 6.45) is 0.244. The fraction of sp³-hybridized carbons (Fsp3) is 0.582. The number of aliphatic hydroxyl groups is 1. The summed E-state index contributed by atoms with van der Waals surface area (Å²) in [6, 6.07) is 1.85. The van der Waals surface area contributed by atoms with Crippen molar-refractivity contribution in [1.29, 1.82) is 0 Å². The molecule has 8 amide bonds. The van der Waals surface area contributed by atoms with Crippen molar-refractivity contribution in [3.05, 3.63) is 53.3 Å². The number of benzene rings is 2. The average molecular weight is 1080 g/mol. The largest absolute Gasteiger partial charge is 0.497 e. The van der Waals surface area contributed by atoms with Crippen LogP contribution in [0.2, 0.25) is 0 Å². The molecule has 3 aromatic rings. The number of furan rings is 1. The second kappa shape index (κ2) is 27.2. The third-order valence-electron chi connectivity index (χ3n) is 14.0. The monoisotopic (exact) mass is 1070 g/mol.